The maximum atomic E-state index is 11.6. The molecule has 0 atom stereocenters. The molecule has 0 saturated carbocycles. The van der Waals surface area contributed by atoms with Gasteiger partial charge in [-0.05, 0) is 12.8 Å². The molecule has 0 radical (unpaired) electrons. The standard InChI is InChI=1S/C22H41NO5.C10H20O.CH4O/c1-3-4-5-6-7-8-9-10-11-12-13-15-21(25)27-18-14-19-28-22(26)17-16-20(24)23-2;1-2-3-4-5-6-7-8-9-10-11;1-2/h3-19H2,1-2H3,(H,23,24);10H,2-9H2,1H3;2H,1H3. The number of aldehydes is 1. The number of esters is 2. The molecule has 0 aromatic heterocycles. The van der Waals surface area contributed by atoms with Crippen molar-refractivity contribution in [1.29, 1.82) is 0 Å². The van der Waals surface area contributed by atoms with Gasteiger partial charge in [-0.25, -0.2) is 0 Å². The summed E-state index contributed by atoms with van der Waals surface area (Å²) in [6.07, 6.45) is 25.8. The fourth-order valence-electron chi connectivity index (χ4n) is 4.03. The number of unbranched alkanes of at least 4 members (excludes halogenated alkanes) is 17. The number of ether oxygens (including phenoxy) is 2. The van der Waals surface area contributed by atoms with E-state index >= 15 is 0 Å². The maximum Gasteiger partial charge on any atom is 0.306 e. The van der Waals surface area contributed by atoms with Gasteiger partial charge in [-0.1, -0.05) is 117 Å². The van der Waals surface area contributed by atoms with Gasteiger partial charge in [0.25, 0.3) is 0 Å². The number of amides is 1. The van der Waals surface area contributed by atoms with Crippen LogP contribution in [0.5, 0.6) is 0 Å². The summed E-state index contributed by atoms with van der Waals surface area (Å²) in [4.78, 5) is 44.0. The number of hydrogen-bond donors (Lipinski definition) is 2. The Kier molecular flexibility index (Phi) is 42.6. The van der Waals surface area contributed by atoms with Crippen molar-refractivity contribution in [2.45, 2.75) is 162 Å². The quantitative estimate of drug-likeness (QED) is 0.0576. The summed E-state index contributed by atoms with van der Waals surface area (Å²) < 4.78 is 10.1. The first kappa shape index (κ1) is 43.5. The van der Waals surface area contributed by atoms with Crippen molar-refractivity contribution in [2.24, 2.45) is 0 Å². The van der Waals surface area contributed by atoms with Crippen LogP contribution in [0.15, 0.2) is 0 Å². The highest BCUT2D eigenvalue weighted by Gasteiger charge is 2.07. The fourth-order valence-corrected chi connectivity index (χ4v) is 4.03. The van der Waals surface area contributed by atoms with Gasteiger partial charge in [0.1, 0.15) is 6.29 Å². The Morgan fingerprint density at radius 3 is 1.37 bits per heavy atom. The van der Waals surface area contributed by atoms with Crippen molar-refractivity contribution in [3.05, 3.63) is 0 Å². The van der Waals surface area contributed by atoms with Crippen molar-refractivity contribution >= 4 is 24.1 Å². The minimum absolute atomic E-state index is 0.0678. The topological polar surface area (TPSA) is 119 Å². The summed E-state index contributed by atoms with van der Waals surface area (Å²) in [5.41, 5.74) is 0. The average molecular weight is 588 g/mol. The van der Waals surface area contributed by atoms with Crippen LogP contribution in [0.1, 0.15) is 162 Å². The second-order valence-electron chi connectivity index (χ2n) is 10.3. The Hall–Kier alpha value is -1.96. The van der Waals surface area contributed by atoms with Crippen LogP contribution in [-0.4, -0.2) is 56.6 Å². The summed E-state index contributed by atoms with van der Waals surface area (Å²) in [6, 6.07) is 0. The van der Waals surface area contributed by atoms with Gasteiger partial charge in [0.15, 0.2) is 0 Å². The highest BCUT2D eigenvalue weighted by molar-refractivity contribution is 5.80. The minimum Gasteiger partial charge on any atom is -0.466 e. The van der Waals surface area contributed by atoms with Gasteiger partial charge >= 0.3 is 11.9 Å². The molecule has 0 unspecified atom stereocenters. The third-order valence-corrected chi connectivity index (χ3v) is 6.56. The summed E-state index contributed by atoms with van der Waals surface area (Å²) in [5.74, 6) is -0.772. The molecule has 0 aliphatic heterocycles. The van der Waals surface area contributed by atoms with Crippen LogP contribution in [0.3, 0.4) is 0 Å². The van der Waals surface area contributed by atoms with Crippen molar-refractivity contribution in [3.63, 3.8) is 0 Å². The molecule has 41 heavy (non-hydrogen) atoms. The van der Waals surface area contributed by atoms with E-state index in [1.165, 1.54) is 103 Å². The summed E-state index contributed by atoms with van der Waals surface area (Å²) >= 11 is 0. The number of nitrogens with one attached hydrogen (secondary N) is 1. The molecule has 0 aromatic rings. The van der Waals surface area contributed by atoms with E-state index in [1.54, 1.807) is 0 Å². The Balaban J connectivity index is -0.000000926. The Morgan fingerprint density at radius 1 is 0.561 bits per heavy atom. The second-order valence-corrected chi connectivity index (χ2v) is 10.3. The molecule has 0 rings (SSSR count). The lowest BCUT2D eigenvalue weighted by Crippen LogP contribution is -2.19. The molecule has 0 fully saturated rings. The van der Waals surface area contributed by atoms with E-state index in [-0.39, 0.29) is 37.9 Å². The molecule has 0 aromatic carbocycles. The summed E-state index contributed by atoms with van der Waals surface area (Å²) in [5, 5.41) is 9.45. The largest absolute Gasteiger partial charge is 0.466 e. The van der Waals surface area contributed by atoms with Crippen LogP contribution < -0.4 is 5.32 Å². The highest BCUT2D eigenvalue weighted by Crippen LogP contribution is 2.12. The lowest BCUT2D eigenvalue weighted by atomic mass is 10.1. The van der Waals surface area contributed by atoms with Crippen LogP contribution in [0.2, 0.25) is 0 Å². The van der Waals surface area contributed by atoms with Crippen molar-refractivity contribution in [1.82, 2.24) is 5.32 Å². The van der Waals surface area contributed by atoms with Crippen LogP contribution in [0, 0.1) is 0 Å². The van der Waals surface area contributed by atoms with Gasteiger partial charge in [0, 0.05) is 39.8 Å². The van der Waals surface area contributed by atoms with Crippen LogP contribution in [-0.2, 0) is 28.7 Å². The molecule has 2 N–H and O–H groups in total. The fraction of sp³-hybridized carbons (Fsp3) is 0.879. The van der Waals surface area contributed by atoms with Crippen LogP contribution in [0.4, 0.5) is 0 Å². The number of aliphatic hydroxyl groups is 1. The molecular weight excluding hydrogens is 522 g/mol. The molecule has 8 nitrogen and oxygen atoms in total. The van der Waals surface area contributed by atoms with E-state index < -0.39 is 5.97 Å². The number of hydrogen-bond acceptors (Lipinski definition) is 7. The lowest BCUT2D eigenvalue weighted by molar-refractivity contribution is -0.147. The van der Waals surface area contributed by atoms with Gasteiger partial charge < -0.3 is 24.7 Å². The van der Waals surface area contributed by atoms with E-state index in [9.17, 15) is 19.2 Å². The third-order valence-electron chi connectivity index (χ3n) is 6.56. The zero-order valence-corrected chi connectivity index (χ0v) is 27.2. The Bertz CT molecular complexity index is 570. The predicted octanol–water partition coefficient (Wildman–Crippen LogP) is 7.62. The van der Waals surface area contributed by atoms with Gasteiger partial charge in [-0.3, -0.25) is 14.4 Å². The maximum absolute atomic E-state index is 11.6. The SMILES string of the molecule is CCCCCCCCCC=O.CCCCCCCCCCCCCC(=O)OCCCOC(=O)CCC(=O)NC.CO. The van der Waals surface area contributed by atoms with E-state index in [0.717, 1.165) is 39.1 Å². The predicted molar refractivity (Wildman–Crippen MR) is 168 cm³/mol. The van der Waals surface area contributed by atoms with Crippen LogP contribution >= 0.6 is 0 Å². The number of carbonyl (C=O) groups excluding carboxylic acids is 4. The van der Waals surface area contributed by atoms with E-state index in [0.29, 0.717) is 12.8 Å². The first-order chi connectivity index (χ1) is 20.0. The zero-order valence-electron chi connectivity index (χ0n) is 27.2. The second kappa shape index (κ2) is 40.2. The molecule has 244 valence electrons. The third kappa shape index (κ3) is 42.6. The van der Waals surface area contributed by atoms with Gasteiger partial charge in [0.05, 0.1) is 19.6 Å². The highest BCUT2D eigenvalue weighted by atomic mass is 16.5. The Morgan fingerprint density at radius 2 is 0.951 bits per heavy atom. The molecule has 0 aliphatic carbocycles. The molecule has 0 heterocycles. The van der Waals surface area contributed by atoms with Crippen molar-refractivity contribution in [2.75, 3.05) is 27.4 Å². The average Bonchev–Trinajstić information content (AvgIpc) is 2.99. The molecule has 0 spiro atoms. The zero-order chi connectivity index (χ0) is 31.2. The molecule has 0 saturated heterocycles. The first-order valence-corrected chi connectivity index (χ1v) is 16.4. The Labute approximate surface area is 252 Å². The normalized spacial score (nSPS) is 9.98. The monoisotopic (exact) mass is 587 g/mol. The molecule has 0 aliphatic rings. The molecule has 1 amide bonds. The lowest BCUT2D eigenvalue weighted by Gasteiger charge is -2.06. The van der Waals surface area contributed by atoms with Crippen molar-refractivity contribution < 1.29 is 33.8 Å². The van der Waals surface area contributed by atoms with E-state index in [4.69, 9.17) is 14.6 Å². The molecule has 8 heteroatoms. The summed E-state index contributed by atoms with van der Waals surface area (Å²) in [7, 11) is 2.53. The molecule has 0 bridgehead atoms. The minimum atomic E-state index is -0.407. The first-order valence-electron chi connectivity index (χ1n) is 16.4. The van der Waals surface area contributed by atoms with Gasteiger partial charge in [0.2, 0.25) is 5.91 Å². The molecular formula is C33H65NO7. The smallest absolute Gasteiger partial charge is 0.306 e. The van der Waals surface area contributed by atoms with E-state index in [2.05, 4.69) is 19.2 Å². The van der Waals surface area contributed by atoms with Crippen molar-refractivity contribution in [3.8, 4) is 0 Å². The number of rotatable bonds is 27. The number of aliphatic hydroxyl groups excluding tert-OH is 1. The van der Waals surface area contributed by atoms with Gasteiger partial charge in [-0.15, -0.1) is 0 Å². The number of carbonyl (C=O) groups is 4. The van der Waals surface area contributed by atoms with E-state index in [1.807, 2.05) is 0 Å². The van der Waals surface area contributed by atoms with Gasteiger partial charge in [-0.2, -0.15) is 0 Å². The summed E-state index contributed by atoms with van der Waals surface area (Å²) in [6.45, 7) is 4.94. The van der Waals surface area contributed by atoms with Crippen LogP contribution in [0.25, 0.3) is 0 Å².